The molecule has 0 radical (unpaired) electrons. The first-order valence-electron chi connectivity index (χ1n) is 7.98. The van der Waals surface area contributed by atoms with Gasteiger partial charge in [-0.15, -0.1) is 0 Å². The monoisotopic (exact) mass is 342 g/mol. The zero-order valence-electron chi connectivity index (χ0n) is 13.7. The SMILES string of the molecule is Cc1ccc(N2CCCC(NC(=O)c3ccc(C(=O)O)o3)C2=O)cc1. The van der Waals surface area contributed by atoms with Gasteiger partial charge in [0.1, 0.15) is 6.04 Å². The van der Waals surface area contributed by atoms with E-state index in [1.807, 2.05) is 31.2 Å². The quantitative estimate of drug-likeness (QED) is 0.887. The van der Waals surface area contributed by atoms with Crippen molar-refractivity contribution in [2.75, 3.05) is 11.4 Å². The van der Waals surface area contributed by atoms with Gasteiger partial charge in [0, 0.05) is 12.2 Å². The zero-order valence-corrected chi connectivity index (χ0v) is 13.7. The van der Waals surface area contributed by atoms with Crippen molar-refractivity contribution in [3.8, 4) is 0 Å². The van der Waals surface area contributed by atoms with Crippen LogP contribution < -0.4 is 10.2 Å². The summed E-state index contributed by atoms with van der Waals surface area (Å²) in [6.07, 6.45) is 1.28. The topological polar surface area (TPSA) is 99.8 Å². The van der Waals surface area contributed by atoms with Crippen molar-refractivity contribution in [2.45, 2.75) is 25.8 Å². The Morgan fingerprint density at radius 3 is 2.48 bits per heavy atom. The molecule has 130 valence electrons. The lowest BCUT2D eigenvalue weighted by atomic mass is 10.0. The average molecular weight is 342 g/mol. The number of anilines is 1. The number of carbonyl (C=O) groups excluding carboxylic acids is 2. The summed E-state index contributed by atoms with van der Waals surface area (Å²) < 4.78 is 4.97. The molecule has 1 aliphatic heterocycles. The minimum atomic E-state index is -1.25. The Morgan fingerprint density at radius 1 is 1.16 bits per heavy atom. The number of aryl methyl sites for hydroxylation is 1. The maximum Gasteiger partial charge on any atom is 0.371 e. The highest BCUT2D eigenvalue weighted by Crippen LogP contribution is 2.22. The molecule has 2 amide bonds. The smallest absolute Gasteiger partial charge is 0.371 e. The molecule has 2 N–H and O–H groups in total. The number of benzene rings is 1. The van der Waals surface area contributed by atoms with Gasteiger partial charge in [-0.25, -0.2) is 4.79 Å². The number of nitrogens with one attached hydrogen (secondary N) is 1. The van der Waals surface area contributed by atoms with Crippen LogP contribution in [-0.4, -0.2) is 35.5 Å². The molecule has 1 saturated heterocycles. The molecule has 2 aromatic rings. The Balaban J connectivity index is 1.71. The number of hydrogen-bond donors (Lipinski definition) is 2. The van der Waals surface area contributed by atoms with Crippen LogP contribution in [0.5, 0.6) is 0 Å². The van der Waals surface area contributed by atoms with Crippen LogP contribution >= 0.6 is 0 Å². The van der Waals surface area contributed by atoms with Crippen LogP contribution in [0.4, 0.5) is 5.69 Å². The van der Waals surface area contributed by atoms with E-state index in [9.17, 15) is 14.4 Å². The maximum atomic E-state index is 12.7. The first kappa shape index (κ1) is 16.8. The number of carboxylic acids is 1. The number of carbonyl (C=O) groups is 3. The van der Waals surface area contributed by atoms with Crippen molar-refractivity contribution in [3.05, 3.63) is 53.5 Å². The van der Waals surface area contributed by atoms with Crippen molar-refractivity contribution in [1.82, 2.24) is 5.32 Å². The van der Waals surface area contributed by atoms with Gasteiger partial charge in [-0.1, -0.05) is 17.7 Å². The summed E-state index contributed by atoms with van der Waals surface area (Å²) in [6.45, 7) is 2.57. The van der Waals surface area contributed by atoms with Gasteiger partial charge in [0.05, 0.1) is 0 Å². The van der Waals surface area contributed by atoms with Crippen LogP contribution in [0.3, 0.4) is 0 Å². The fraction of sp³-hybridized carbons (Fsp3) is 0.278. The number of aromatic carboxylic acids is 1. The Bertz CT molecular complexity index is 809. The molecule has 1 atom stereocenters. The molecule has 1 aliphatic rings. The maximum absolute atomic E-state index is 12.7. The van der Waals surface area contributed by atoms with Crippen molar-refractivity contribution >= 4 is 23.5 Å². The Hall–Kier alpha value is -3.09. The fourth-order valence-corrected chi connectivity index (χ4v) is 2.79. The third-order valence-corrected chi connectivity index (χ3v) is 4.13. The summed E-state index contributed by atoms with van der Waals surface area (Å²) >= 11 is 0. The molecule has 0 aliphatic carbocycles. The second-order valence-corrected chi connectivity index (χ2v) is 5.96. The van der Waals surface area contributed by atoms with Gasteiger partial charge in [0.25, 0.3) is 5.91 Å². The van der Waals surface area contributed by atoms with Crippen LogP contribution in [-0.2, 0) is 4.79 Å². The second-order valence-electron chi connectivity index (χ2n) is 5.96. The highest BCUT2D eigenvalue weighted by molar-refractivity contribution is 6.02. The first-order valence-corrected chi connectivity index (χ1v) is 7.98. The molecule has 1 aromatic heterocycles. The number of amides is 2. The lowest BCUT2D eigenvalue weighted by Gasteiger charge is -2.32. The second kappa shape index (κ2) is 6.80. The van der Waals surface area contributed by atoms with Gasteiger partial charge in [-0.2, -0.15) is 0 Å². The van der Waals surface area contributed by atoms with E-state index in [1.165, 1.54) is 12.1 Å². The van der Waals surface area contributed by atoms with E-state index in [-0.39, 0.29) is 17.4 Å². The number of nitrogens with zero attached hydrogens (tertiary/aromatic N) is 1. The van der Waals surface area contributed by atoms with Gasteiger partial charge < -0.3 is 19.7 Å². The van der Waals surface area contributed by atoms with E-state index in [1.54, 1.807) is 4.90 Å². The summed E-state index contributed by atoms with van der Waals surface area (Å²) in [5.41, 5.74) is 1.89. The van der Waals surface area contributed by atoms with Crippen LogP contribution in [0.15, 0.2) is 40.8 Å². The molecular weight excluding hydrogens is 324 g/mol. The van der Waals surface area contributed by atoms with Gasteiger partial charge in [-0.3, -0.25) is 9.59 Å². The molecule has 1 unspecified atom stereocenters. The summed E-state index contributed by atoms with van der Waals surface area (Å²) in [4.78, 5) is 37.4. The minimum Gasteiger partial charge on any atom is -0.475 e. The standard InChI is InChI=1S/C18H18N2O5/c1-11-4-6-12(7-5-11)20-10-2-3-13(17(20)22)19-16(21)14-8-9-15(25-14)18(23)24/h4-9,13H,2-3,10H2,1H3,(H,19,21)(H,23,24). The largest absolute Gasteiger partial charge is 0.475 e. The van der Waals surface area contributed by atoms with Crippen LogP contribution in [0.25, 0.3) is 0 Å². The lowest BCUT2D eigenvalue weighted by Crippen LogP contribution is -2.52. The molecule has 1 fully saturated rings. The van der Waals surface area contributed by atoms with Gasteiger partial charge in [-0.05, 0) is 44.0 Å². The Morgan fingerprint density at radius 2 is 1.84 bits per heavy atom. The van der Waals surface area contributed by atoms with E-state index in [4.69, 9.17) is 9.52 Å². The van der Waals surface area contributed by atoms with Crippen LogP contribution in [0.2, 0.25) is 0 Å². The van der Waals surface area contributed by atoms with Gasteiger partial charge >= 0.3 is 5.97 Å². The molecule has 2 heterocycles. The van der Waals surface area contributed by atoms with E-state index < -0.39 is 17.9 Å². The molecule has 1 aromatic carbocycles. The van der Waals surface area contributed by atoms with Gasteiger partial charge in [0.15, 0.2) is 5.76 Å². The highest BCUT2D eigenvalue weighted by atomic mass is 16.4. The third-order valence-electron chi connectivity index (χ3n) is 4.13. The molecule has 0 saturated carbocycles. The molecule has 0 spiro atoms. The lowest BCUT2D eigenvalue weighted by molar-refractivity contribution is -0.121. The average Bonchev–Trinajstić information content (AvgIpc) is 3.08. The number of rotatable bonds is 4. The van der Waals surface area contributed by atoms with Crippen molar-refractivity contribution < 1.29 is 23.9 Å². The predicted octanol–water partition coefficient (Wildman–Crippen LogP) is 2.21. The Labute approximate surface area is 144 Å². The normalized spacial score (nSPS) is 17.4. The van der Waals surface area contributed by atoms with E-state index in [0.29, 0.717) is 13.0 Å². The third kappa shape index (κ3) is 3.55. The van der Waals surface area contributed by atoms with E-state index in [2.05, 4.69) is 5.32 Å². The molecular formula is C18H18N2O5. The summed E-state index contributed by atoms with van der Waals surface area (Å²) in [5.74, 6) is -2.48. The van der Waals surface area contributed by atoms with Crippen molar-refractivity contribution in [3.63, 3.8) is 0 Å². The zero-order chi connectivity index (χ0) is 18.0. The molecule has 0 bridgehead atoms. The van der Waals surface area contributed by atoms with Crippen LogP contribution in [0.1, 0.15) is 39.5 Å². The molecule has 7 nitrogen and oxygen atoms in total. The van der Waals surface area contributed by atoms with E-state index in [0.717, 1.165) is 17.7 Å². The predicted molar refractivity (Wildman–Crippen MR) is 89.7 cm³/mol. The Kier molecular flexibility index (Phi) is 4.56. The van der Waals surface area contributed by atoms with Gasteiger partial charge in [0.2, 0.25) is 11.7 Å². The number of furan rings is 1. The fourth-order valence-electron chi connectivity index (χ4n) is 2.79. The number of carboxylic acid groups (broad SMARTS) is 1. The van der Waals surface area contributed by atoms with E-state index >= 15 is 0 Å². The number of piperidine rings is 1. The van der Waals surface area contributed by atoms with Crippen molar-refractivity contribution in [2.24, 2.45) is 0 Å². The molecule has 25 heavy (non-hydrogen) atoms. The van der Waals surface area contributed by atoms with Crippen LogP contribution in [0, 0.1) is 6.92 Å². The summed E-state index contributed by atoms with van der Waals surface area (Å²) in [5, 5.41) is 11.5. The summed E-state index contributed by atoms with van der Waals surface area (Å²) in [6, 6.07) is 9.44. The molecule has 7 heteroatoms. The highest BCUT2D eigenvalue weighted by Gasteiger charge is 2.31. The molecule has 3 rings (SSSR count). The summed E-state index contributed by atoms with van der Waals surface area (Å²) in [7, 11) is 0. The van der Waals surface area contributed by atoms with Crippen molar-refractivity contribution in [1.29, 1.82) is 0 Å². The first-order chi connectivity index (χ1) is 12.0. The number of hydrogen-bond acceptors (Lipinski definition) is 4. The minimum absolute atomic E-state index is 0.127.